The van der Waals surface area contributed by atoms with Gasteiger partial charge in [-0.15, -0.1) is 0 Å². The molecule has 35 atom stereocenters. The molecule has 0 aromatic heterocycles. The molecule has 3 saturated carbocycles. The van der Waals surface area contributed by atoms with Gasteiger partial charge < -0.3 is 144 Å². The molecule has 516 valence electrons. The molecule has 9 aliphatic rings. The first-order valence-electron chi connectivity index (χ1n) is 31.6. The van der Waals surface area contributed by atoms with Crippen LogP contribution in [0.3, 0.4) is 0 Å². The van der Waals surface area contributed by atoms with Gasteiger partial charge >= 0.3 is 0 Å². The second-order valence-corrected chi connectivity index (χ2v) is 28.7. The predicted molar refractivity (Wildman–Crippen MR) is 300 cm³/mol. The van der Waals surface area contributed by atoms with Crippen molar-refractivity contribution in [3.8, 4) is 0 Å². The van der Waals surface area contributed by atoms with E-state index >= 15 is 0 Å². The fourth-order valence-electron chi connectivity index (χ4n) is 17.1. The molecular formula is C60H102O29. The van der Waals surface area contributed by atoms with Crippen LogP contribution >= 0.6 is 0 Å². The molecule has 0 amide bonds. The van der Waals surface area contributed by atoms with Gasteiger partial charge in [0.15, 0.2) is 31.5 Å². The molecule has 4 aliphatic carbocycles. The Bertz CT molecular complexity index is 2340. The van der Waals surface area contributed by atoms with Crippen LogP contribution in [0.2, 0.25) is 0 Å². The highest BCUT2D eigenvalue weighted by atomic mass is 16.8. The van der Waals surface area contributed by atoms with Crippen molar-refractivity contribution in [2.45, 2.75) is 284 Å². The summed E-state index contributed by atoms with van der Waals surface area (Å²) in [6, 6.07) is 0. The maximum absolute atomic E-state index is 12.8. The number of aliphatic hydroxyl groups excluding tert-OH is 18. The van der Waals surface area contributed by atoms with Crippen LogP contribution in [0, 0.1) is 45.3 Å². The highest BCUT2D eigenvalue weighted by molar-refractivity contribution is 5.32. The molecule has 19 N–H and O–H groups in total. The van der Waals surface area contributed by atoms with Crippen LogP contribution in [0.25, 0.3) is 0 Å². The highest BCUT2D eigenvalue weighted by Crippen LogP contribution is 2.75. The lowest BCUT2D eigenvalue weighted by atomic mass is 9.38. The van der Waals surface area contributed by atoms with E-state index in [1.54, 1.807) is 0 Å². The van der Waals surface area contributed by atoms with E-state index in [2.05, 4.69) is 33.8 Å². The van der Waals surface area contributed by atoms with E-state index in [9.17, 15) is 97.0 Å². The van der Waals surface area contributed by atoms with E-state index in [-0.39, 0.29) is 35.5 Å². The lowest BCUT2D eigenvalue weighted by molar-refractivity contribution is -0.380. The monoisotopic (exact) mass is 1290 g/mol. The SMILES string of the molecule is C[C@H](CC[C@@H](O[C@@H]1OC(CO[C@@H]2OC(CO)[C@@H](O)C(O)C2O)[C@@H](O)C(O)[C@@H]1O[C@@H]1OC(CO)[C@@H](O)C(O)C1O)C(C)(C)O)[C@H]1CC[C@@]2(C)[C@@H]3CC=C4[C@@H](CC[C@H](O[C@@H]5OC(CO)[C@@H](O[C@@H]6OC(CO)[C@@H](O)C(O)C6O)C(O)C5O)C4(C)C)[C@]3(C)[C@H](O)C[C@]12C. The summed E-state index contributed by atoms with van der Waals surface area (Å²) >= 11 is 0. The first-order chi connectivity index (χ1) is 41.7. The molecule has 0 aromatic rings. The molecule has 0 aromatic carbocycles. The van der Waals surface area contributed by atoms with Gasteiger partial charge in [0, 0.05) is 10.8 Å². The summed E-state index contributed by atoms with van der Waals surface area (Å²) in [5.41, 5.74) is -2.49. The Morgan fingerprint density at radius 1 is 0.517 bits per heavy atom. The van der Waals surface area contributed by atoms with E-state index < -0.39 is 227 Å². The summed E-state index contributed by atoms with van der Waals surface area (Å²) in [7, 11) is 0. The average Bonchev–Trinajstić information content (AvgIpc) is 1.66. The van der Waals surface area contributed by atoms with Crippen molar-refractivity contribution in [1.29, 1.82) is 0 Å². The summed E-state index contributed by atoms with van der Waals surface area (Å²) in [6.45, 7) is 12.3. The highest BCUT2D eigenvalue weighted by Gasteiger charge is 2.71. The maximum atomic E-state index is 12.8. The summed E-state index contributed by atoms with van der Waals surface area (Å²) in [5.74, 6) is -0.0172. The largest absolute Gasteiger partial charge is 0.394 e. The van der Waals surface area contributed by atoms with Crippen molar-refractivity contribution < 1.29 is 144 Å². The van der Waals surface area contributed by atoms with E-state index in [1.807, 2.05) is 13.8 Å². The Kier molecular flexibility index (Phi) is 22.3. The standard InChI is InChI=1S/C60H102O29/c1-23(9-13-35(57(4,5)79)87-55-50(89-54-47(77)42(72)38(68)29(20-63)83-54)43(73)39(69)31(85-55)22-80-51-45(75)40(70)36(66)27(18-61)81-51)24-15-16-58(6)32-12-10-25-26(60(32,8)33(65)17-59(24,58)7)11-14-34(56(25,2)3)86-52-48(78)44(74)49(30(21-64)84-52)88-53-46(76)41(71)37(67)28(19-62)82-53/h10,23-24,26-55,61-79H,9,11-22H2,1-8H3/t23-,24-,26-,27?,28?,29?,30?,31?,32+,33-,34+,35-,36-,37-,38-,39-,40?,41?,42?,43?,44?,45?,46?,47?,48?,49-,50+,51-,52+,53+,54+,55+,58+,59-,60+/m1/s1. The Morgan fingerprint density at radius 2 is 0.978 bits per heavy atom. The van der Waals surface area contributed by atoms with Crippen molar-refractivity contribution >= 4 is 0 Å². The number of hydrogen-bond donors (Lipinski definition) is 19. The van der Waals surface area contributed by atoms with Crippen LogP contribution in [0.15, 0.2) is 11.6 Å². The van der Waals surface area contributed by atoms with Gasteiger partial charge in [-0.2, -0.15) is 0 Å². The Hall–Kier alpha value is -1.42. The lowest BCUT2D eigenvalue weighted by Crippen LogP contribution is -2.66. The van der Waals surface area contributed by atoms with Crippen molar-refractivity contribution in [2.24, 2.45) is 45.3 Å². The van der Waals surface area contributed by atoms with Crippen LogP contribution in [-0.2, 0) is 47.4 Å². The minimum absolute atomic E-state index is 0.0310. The number of ether oxygens (including phenoxy) is 10. The molecule has 0 spiro atoms. The zero-order valence-corrected chi connectivity index (χ0v) is 51.8. The first-order valence-corrected chi connectivity index (χ1v) is 31.6. The van der Waals surface area contributed by atoms with Gasteiger partial charge in [0.2, 0.25) is 0 Å². The average molecular weight is 1290 g/mol. The molecule has 0 radical (unpaired) electrons. The maximum Gasteiger partial charge on any atom is 0.187 e. The molecular weight excluding hydrogens is 1180 g/mol. The fourth-order valence-corrected chi connectivity index (χ4v) is 17.1. The normalized spacial score (nSPS) is 51.8. The number of fused-ring (bicyclic) bond motifs is 5. The molecule has 5 heterocycles. The second-order valence-electron chi connectivity index (χ2n) is 28.7. The molecule has 14 unspecified atom stereocenters. The van der Waals surface area contributed by atoms with Gasteiger partial charge in [-0.1, -0.05) is 53.2 Å². The van der Waals surface area contributed by atoms with E-state index in [4.69, 9.17) is 47.4 Å². The quantitative estimate of drug-likeness (QED) is 0.0506. The van der Waals surface area contributed by atoms with Gasteiger partial charge in [0.1, 0.15) is 122 Å². The predicted octanol–water partition coefficient (Wildman–Crippen LogP) is -5.41. The Balaban J connectivity index is 0.884. The zero-order valence-electron chi connectivity index (χ0n) is 51.8. The van der Waals surface area contributed by atoms with Crippen LogP contribution in [0.5, 0.6) is 0 Å². The van der Waals surface area contributed by atoms with Crippen molar-refractivity contribution in [2.75, 3.05) is 33.0 Å². The molecule has 9 rings (SSSR count). The topological polar surface area (TPSA) is 477 Å². The van der Waals surface area contributed by atoms with Gasteiger partial charge in [-0.25, -0.2) is 0 Å². The molecule has 89 heavy (non-hydrogen) atoms. The molecule has 5 saturated heterocycles. The van der Waals surface area contributed by atoms with E-state index in [0.717, 1.165) is 18.4 Å². The van der Waals surface area contributed by atoms with Crippen LogP contribution in [0.1, 0.15) is 107 Å². The summed E-state index contributed by atoms with van der Waals surface area (Å²) in [6.07, 6.45) is -37.7. The lowest BCUT2D eigenvalue weighted by Gasteiger charge is -2.67. The number of rotatable bonds is 20. The van der Waals surface area contributed by atoms with Gasteiger partial charge in [-0.05, 0) is 99.7 Å². The number of allylic oxidation sites excluding steroid dienone is 1. The molecule has 0 bridgehead atoms. The second kappa shape index (κ2) is 27.6. The van der Waals surface area contributed by atoms with Crippen LogP contribution in [0.4, 0.5) is 0 Å². The summed E-state index contributed by atoms with van der Waals surface area (Å²) in [5, 5.41) is 205. The van der Waals surface area contributed by atoms with Gasteiger partial charge in [-0.3, -0.25) is 0 Å². The van der Waals surface area contributed by atoms with E-state index in [0.29, 0.717) is 32.1 Å². The Morgan fingerprint density at radius 3 is 1.52 bits per heavy atom. The summed E-state index contributed by atoms with van der Waals surface area (Å²) in [4.78, 5) is 0. The third-order valence-corrected chi connectivity index (χ3v) is 22.9. The van der Waals surface area contributed by atoms with Crippen LogP contribution in [-0.4, -0.2) is 308 Å². The zero-order chi connectivity index (χ0) is 65.5. The molecule has 8 fully saturated rings. The molecule has 5 aliphatic heterocycles. The summed E-state index contributed by atoms with van der Waals surface area (Å²) < 4.78 is 59.5. The van der Waals surface area contributed by atoms with Crippen molar-refractivity contribution in [3.05, 3.63) is 11.6 Å². The third-order valence-electron chi connectivity index (χ3n) is 22.9. The van der Waals surface area contributed by atoms with Crippen molar-refractivity contribution in [1.82, 2.24) is 0 Å². The fraction of sp³-hybridized carbons (Fsp3) is 0.967. The van der Waals surface area contributed by atoms with Crippen molar-refractivity contribution in [3.63, 3.8) is 0 Å². The number of hydrogen-bond acceptors (Lipinski definition) is 29. The molecule has 29 heteroatoms. The minimum atomic E-state index is -1.96. The first kappa shape index (κ1) is 71.9. The van der Waals surface area contributed by atoms with Gasteiger partial charge in [0.25, 0.3) is 0 Å². The van der Waals surface area contributed by atoms with Crippen LogP contribution < -0.4 is 0 Å². The Labute approximate surface area is 517 Å². The smallest absolute Gasteiger partial charge is 0.187 e. The minimum Gasteiger partial charge on any atom is -0.394 e. The van der Waals surface area contributed by atoms with Gasteiger partial charge in [0.05, 0.1) is 56.9 Å². The van der Waals surface area contributed by atoms with E-state index in [1.165, 1.54) is 13.8 Å². The number of aliphatic hydroxyl groups is 19. The third kappa shape index (κ3) is 13.0. The molecule has 29 nitrogen and oxygen atoms in total.